The van der Waals surface area contributed by atoms with Crippen LogP contribution < -0.4 is 5.32 Å². The van der Waals surface area contributed by atoms with Crippen molar-refractivity contribution in [3.05, 3.63) is 48.0 Å². The molecule has 0 aliphatic heterocycles. The first-order valence-corrected chi connectivity index (χ1v) is 6.79. The predicted octanol–water partition coefficient (Wildman–Crippen LogP) is 4.08. The second-order valence-corrected chi connectivity index (χ2v) is 4.93. The highest BCUT2D eigenvalue weighted by atomic mass is 35.5. The zero-order valence-corrected chi connectivity index (χ0v) is 12.0. The summed E-state index contributed by atoms with van der Waals surface area (Å²) in [6.07, 6.45) is 6.82. The molecule has 0 radical (unpaired) electrons. The lowest BCUT2D eigenvalue weighted by Gasteiger charge is -2.34. The number of rotatable bonds is 5. The number of aryl methyl sites for hydroxylation is 1. The molecule has 100 valence electrons. The van der Waals surface area contributed by atoms with Crippen LogP contribution in [0.3, 0.4) is 0 Å². The number of hydrogen-bond donors (Lipinski definition) is 1. The fourth-order valence-electron chi connectivity index (χ4n) is 2.90. The molecule has 0 spiro atoms. The quantitative estimate of drug-likeness (QED) is 0.791. The van der Waals surface area contributed by atoms with Crippen LogP contribution in [0, 0.1) is 0 Å². The number of fused-ring (bicyclic) bond motifs is 1. The highest BCUT2D eigenvalue weighted by Crippen LogP contribution is 2.34. The van der Waals surface area contributed by atoms with Crippen molar-refractivity contribution in [2.75, 3.05) is 6.54 Å². The Hall–Kier alpha value is -0.790. The Morgan fingerprint density at radius 2 is 2.17 bits per heavy atom. The average Bonchev–Trinajstić information content (AvgIpc) is 2.38. The monoisotopic (exact) mass is 265 g/mol. The van der Waals surface area contributed by atoms with Gasteiger partial charge in [0.2, 0.25) is 0 Å². The van der Waals surface area contributed by atoms with Crippen LogP contribution in [0.5, 0.6) is 0 Å². The van der Waals surface area contributed by atoms with Gasteiger partial charge in [0, 0.05) is 12.0 Å². The minimum Gasteiger partial charge on any atom is -0.313 e. The van der Waals surface area contributed by atoms with Gasteiger partial charge < -0.3 is 5.32 Å². The summed E-state index contributed by atoms with van der Waals surface area (Å²) in [5.41, 5.74) is 3.07. The van der Waals surface area contributed by atoms with Crippen molar-refractivity contribution >= 4 is 12.4 Å². The smallest absolute Gasteiger partial charge is 0.0142 e. The lowest BCUT2D eigenvalue weighted by atomic mass is 9.77. The van der Waals surface area contributed by atoms with E-state index in [9.17, 15) is 0 Å². The van der Waals surface area contributed by atoms with Crippen molar-refractivity contribution in [1.29, 1.82) is 0 Å². The maximum atomic E-state index is 3.91. The summed E-state index contributed by atoms with van der Waals surface area (Å²) in [6.45, 7) is 7.27. The molecule has 2 heteroatoms. The van der Waals surface area contributed by atoms with Crippen LogP contribution in [-0.2, 0) is 6.42 Å². The Labute approximate surface area is 117 Å². The average molecular weight is 266 g/mol. The van der Waals surface area contributed by atoms with Crippen LogP contribution in [0.1, 0.15) is 43.2 Å². The van der Waals surface area contributed by atoms with Gasteiger partial charge in [-0.15, -0.1) is 19.0 Å². The molecule has 1 N–H and O–H groups in total. The van der Waals surface area contributed by atoms with Crippen molar-refractivity contribution < 1.29 is 0 Å². The summed E-state index contributed by atoms with van der Waals surface area (Å²) in [5, 5.41) is 3.70. The van der Waals surface area contributed by atoms with E-state index in [-0.39, 0.29) is 12.4 Å². The Balaban J connectivity index is 0.00000162. The van der Waals surface area contributed by atoms with E-state index in [1.54, 1.807) is 0 Å². The standard InChI is InChI=1S/C16H23N.ClH/c1-3-7-15-14-9-6-5-8-13(14)10-11-16(15)17-12-4-2;/h3,5-6,8-9,15-17H,1,4,7,10-12H2,2H3;1H/t15-,16-;/m0./s1. The van der Waals surface area contributed by atoms with Gasteiger partial charge in [-0.25, -0.2) is 0 Å². The first-order valence-electron chi connectivity index (χ1n) is 6.79. The van der Waals surface area contributed by atoms with E-state index in [1.165, 1.54) is 30.4 Å². The Morgan fingerprint density at radius 3 is 2.89 bits per heavy atom. The van der Waals surface area contributed by atoms with E-state index < -0.39 is 0 Å². The van der Waals surface area contributed by atoms with Crippen LogP contribution in [-0.4, -0.2) is 12.6 Å². The summed E-state index contributed by atoms with van der Waals surface area (Å²) in [7, 11) is 0. The summed E-state index contributed by atoms with van der Waals surface area (Å²) < 4.78 is 0. The van der Waals surface area contributed by atoms with Crippen LogP contribution >= 0.6 is 12.4 Å². The zero-order chi connectivity index (χ0) is 12.1. The molecule has 0 saturated heterocycles. The molecule has 2 atom stereocenters. The highest BCUT2D eigenvalue weighted by molar-refractivity contribution is 5.85. The van der Waals surface area contributed by atoms with Gasteiger partial charge in [0.25, 0.3) is 0 Å². The molecule has 0 unspecified atom stereocenters. The molecule has 1 aromatic rings. The fourth-order valence-corrected chi connectivity index (χ4v) is 2.90. The zero-order valence-electron chi connectivity index (χ0n) is 11.2. The minimum atomic E-state index is 0. The second-order valence-electron chi connectivity index (χ2n) is 4.93. The minimum absolute atomic E-state index is 0. The SMILES string of the molecule is C=CC[C@H]1c2ccccc2CC[C@@H]1NCCC.Cl. The molecule has 0 amide bonds. The van der Waals surface area contributed by atoms with Crippen molar-refractivity contribution in [2.24, 2.45) is 0 Å². The van der Waals surface area contributed by atoms with Crippen LogP contribution in [0.4, 0.5) is 0 Å². The van der Waals surface area contributed by atoms with Gasteiger partial charge in [-0.2, -0.15) is 0 Å². The normalized spacial score (nSPS) is 21.8. The molecule has 0 fully saturated rings. The molecule has 18 heavy (non-hydrogen) atoms. The van der Waals surface area contributed by atoms with Gasteiger partial charge in [0.15, 0.2) is 0 Å². The number of nitrogens with one attached hydrogen (secondary N) is 1. The van der Waals surface area contributed by atoms with Gasteiger partial charge in [0.1, 0.15) is 0 Å². The van der Waals surface area contributed by atoms with E-state index >= 15 is 0 Å². The molecule has 0 aromatic heterocycles. The third-order valence-corrected chi connectivity index (χ3v) is 3.74. The predicted molar refractivity (Wildman–Crippen MR) is 81.6 cm³/mol. The maximum absolute atomic E-state index is 3.91. The summed E-state index contributed by atoms with van der Waals surface area (Å²) in [6, 6.07) is 9.52. The lowest BCUT2D eigenvalue weighted by molar-refractivity contribution is 0.388. The summed E-state index contributed by atoms with van der Waals surface area (Å²) in [5.74, 6) is 0.615. The van der Waals surface area contributed by atoms with E-state index in [1.807, 2.05) is 0 Å². The molecule has 0 saturated carbocycles. The first kappa shape index (κ1) is 15.3. The van der Waals surface area contributed by atoms with Gasteiger partial charge in [-0.1, -0.05) is 37.3 Å². The van der Waals surface area contributed by atoms with Crippen molar-refractivity contribution in [2.45, 2.75) is 44.6 Å². The molecular formula is C16H24ClN. The topological polar surface area (TPSA) is 12.0 Å². The maximum Gasteiger partial charge on any atom is 0.0142 e. The van der Waals surface area contributed by atoms with Crippen molar-refractivity contribution in [1.82, 2.24) is 5.32 Å². The number of hydrogen-bond acceptors (Lipinski definition) is 1. The highest BCUT2D eigenvalue weighted by Gasteiger charge is 2.27. The molecule has 1 aromatic carbocycles. The Kier molecular flexibility index (Phi) is 6.45. The van der Waals surface area contributed by atoms with Gasteiger partial charge in [-0.05, 0) is 43.4 Å². The van der Waals surface area contributed by atoms with E-state index in [0.29, 0.717) is 12.0 Å². The number of allylic oxidation sites excluding steroid dienone is 1. The molecule has 1 aliphatic rings. The summed E-state index contributed by atoms with van der Waals surface area (Å²) in [4.78, 5) is 0. The van der Waals surface area contributed by atoms with Crippen LogP contribution in [0.2, 0.25) is 0 Å². The number of halogens is 1. The molecule has 0 heterocycles. The Morgan fingerprint density at radius 1 is 1.39 bits per heavy atom. The largest absolute Gasteiger partial charge is 0.313 e. The lowest BCUT2D eigenvalue weighted by Crippen LogP contribution is -2.38. The third-order valence-electron chi connectivity index (χ3n) is 3.74. The molecule has 0 bridgehead atoms. The van der Waals surface area contributed by atoms with Gasteiger partial charge >= 0.3 is 0 Å². The fraction of sp³-hybridized carbons (Fsp3) is 0.500. The first-order chi connectivity index (χ1) is 8.36. The van der Waals surface area contributed by atoms with Crippen LogP contribution in [0.25, 0.3) is 0 Å². The Bertz CT molecular complexity index is 375. The third kappa shape index (κ3) is 3.37. The van der Waals surface area contributed by atoms with Gasteiger partial charge in [-0.3, -0.25) is 0 Å². The van der Waals surface area contributed by atoms with E-state index in [4.69, 9.17) is 0 Å². The van der Waals surface area contributed by atoms with Crippen LogP contribution in [0.15, 0.2) is 36.9 Å². The van der Waals surface area contributed by atoms with Crippen molar-refractivity contribution in [3.63, 3.8) is 0 Å². The molecule has 1 aliphatic carbocycles. The summed E-state index contributed by atoms with van der Waals surface area (Å²) >= 11 is 0. The second kappa shape index (κ2) is 7.60. The van der Waals surface area contributed by atoms with Crippen molar-refractivity contribution in [3.8, 4) is 0 Å². The molecule has 1 nitrogen and oxygen atoms in total. The van der Waals surface area contributed by atoms with E-state index in [2.05, 4.69) is 49.2 Å². The van der Waals surface area contributed by atoms with E-state index in [0.717, 1.165) is 13.0 Å². The van der Waals surface area contributed by atoms with Gasteiger partial charge in [0.05, 0.1) is 0 Å². The molecular weight excluding hydrogens is 242 g/mol. The molecule has 2 rings (SSSR count). The number of benzene rings is 1.